The van der Waals surface area contributed by atoms with E-state index in [1.807, 2.05) is 6.08 Å². The van der Waals surface area contributed by atoms with Crippen LogP contribution in [0.4, 0.5) is 0 Å². The van der Waals surface area contributed by atoms with Gasteiger partial charge in [-0.05, 0) is 25.7 Å². The Morgan fingerprint density at radius 1 is 1.20 bits per heavy atom. The van der Waals surface area contributed by atoms with Crippen molar-refractivity contribution < 1.29 is 0 Å². The van der Waals surface area contributed by atoms with E-state index in [0.717, 1.165) is 0 Å². The fourth-order valence-corrected chi connectivity index (χ4v) is 1.40. The molecule has 10 heavy (non-hydrogen) atoms. The molecule has 0 spiro atoms. The van der Waals surface area contributed by atoms with Gasteiger partial charge in [-0.1, -0.05) is 37.1 Å². The van der Waals surface area contributed by atoms with Crippen molar-refractivity contribution >= 4 is 0 Å². The van der Waals surface area contributed by atoms with Crippen LogP contribution in [-0.2, 0) is 0 Å². The predicted molar refractivity (Wildman–Crippen MR) is 46.0 cm³/mol. The van der Waals surface area contributed by atoms with E-state index in [1.165, 1.54) is 44.1 Å². The van der Waals surface area contributed by atoms with Crippen LogP contribution in [0.5, 0.6) is 0 Å². The van der Waals surface area contributed by atoms with Crippen molar-refractivity contribution in [2.75, 3.05) is 0 Å². The summed E-state index contributed by atoms with van der Waals surface area (Å²) in [6, 6.07) is 0. The Labute approximate surface area is 63.6 Å². The maximum Gasteiger partial charge on any atom is -0.0282 e. The van der Waals surface area contributed by atoms with Gasteiger partial charge in [-0.3, -0.25) is 0 Å². The lowest BCUT2D eigenvalue weighted by molar-refractivity contribution is 0.630. The smallest absolute Gasteiger partial charge is 0.0282 e. The zero-order valence-corrected chi connectivity index (χ0v) is 6.60. The van der Waals surface area contributed by atoms with E-state index in [9.17, 15) is 0 Å². The molecule has 1 rings (SSSR count). The Morgan fingerprint density at radius 2 is 2.00 bits per heavy atom. The standard InChI is InChI=1S/C10H16/c1-2-10-8-6-4-3-5-7-9-10/h2,8H,1,3-7,9H2. The average molecular weight is 136 g/mol. The Hall–Kier alpha value is -0.520. The summed E-state index contributed by atoms with van der Waals surface area (Å²) in [4.78, 5) is 0. The Bertz CT molecular complexity index is 131. The molecule has 0 aliphatic heterocycles. The number of hydrogen-bond donors (Lipinski definition) is 0. The Balaban J connectivity index is 2.43. The quantitative estimate of drug-likeness (QED) is 0.518. The van der Waals surface area contributed by atoms with Crippen LogP contribution in [0, 0.1) is 0 Å². The third kappa shape index (κ3) is 2.38. The maximum atomic E-state index is 3.79. The van der Waals surface area contributed by atoms with E-state index in [2.05, 4.69) is 12.7 Å². The first-order valence-corrected chi connectivity index (χ1v) is 4.25. The van der Waals surface area contributed by atoms with Gasteiger partial charge < -0.3 is 0 Å². The van der Waals surface area contributed by atoms with Crippen LogP contribution < -0.4 is 0 Å². The molecule has 0 aromatic carbocycles. The summed E-state index contributed by atoms with van der Waals surface area (Å²) < 4.78 is 0. The van der Waals surface area contributed by atoms with Crippen molar-refractivity contribution in [2.45, 2.75) is 38.5 Å². The molecule has 0 aromatic heterocycles. The van der Waals surface area contributed by atoms with Crippen LogP contribution in [0.3, 0.4) is 0 Å². The Kier molecular flexibility index (Phi) is 3.28. The molecule has 0 saturated carbocycles. The fraction of sp³-hybridized carbons (Fsp3) is 0.600. The summed E-state index contributed by atoms with van der Waals surface area (Å²) >= 11 is 0. The van der Waals surface area contributed by atoms with Crippen molar-refractivity contribution in [3.8, 4) is 0 Å². The van der Waals surface area contributed by atoms with E-state index in [4.69, 9.17) is 0 Å². The molecule has 0 saturated heterocycles. The van der Waals surface area contributed by atoms with E-state index < -0.39 is 0 Å². The zero-order chi connectivity index (χ0) is 7.23. The first-order chi connectivity index (χ1) is 4.93. The van der Waals surface area contributed by atoms with Crippen molar-refractivity contribution in [3.05, 3.63) is 24.3 Å². The summed E-state index contributed by atoms with van der Waals surface area (Å²) in [6.07, 6.45) is 12.4. The third-order valence-electron chi connectivity index (χ3n) is 2.09. The van der Waals surface area contributed by atoms with Gasteiger partial charge in [-0.25, -0.2) is 0 Å². The summed E-state index contributed by atoms with van der Waals surface area (Å²) in [6.45, 7) is 3.79. The van der Waals surface area contributed by atoms with Gasteiger partial charge in [0.1, 0.15) is 0 Å². The lowest BCUT2D eigenvalue weighted by atomic mass is 10.0. The van der Waals surface area contributed by atoms with E-state index in [-0.39, 0.29) is 0 Å². The molecule has 1 aliphatic carbocycles. The van der Waals surface area contributed by atoms with Gasteiger partial charge in [0.2, 0.25) is 0 Å². The summed E-state index contributed by atoms with van der Waals surface area (Å²) in [5, 5.41) is 0. The number of rotatable bonds is 1. The highest BCUT2D eigenvalue weighted by Gasteiger charge is 1.97. The number of allylic oxidation sites excluding steroid dienone is 3. The van der Waals surface area contributed by atoms with Crippen molar-refractivity contribution in [1.29, 1.82) is 0 Å². The molecule has 0 unspecified atom stereocenters. The molecule has 0 amide bonds. The van der Waals surface area contributed by atoms with Crippen LogP contribution in [0.25, 0.3) is 0 Å². The first kappa shape index (κ1) is 7.59. The van der Waals surface area contributed by atoms with Crippen LogP contribution in [0.2, 0.25) is 0 Å². The molecule has 0 atom stereocenters. The highest BCUT2D eigenvalue weighted by Crippen LogP contribution is 2.16. The van der Waals surface area contributed by atoms with Crippen LogP contribution in [0.15, 0.2) is 24.3 Å². The second-order valence-corrected chi connectivity index (χ2v) is 2.94. The second-order valence-electron chi connectivity index (χ2n) is 2.94. The van der Waals surface area contributed by atoms with Gasteiger partial charge in [-0.2, -0.15) is 0 Å². The molecule has 0 radical (unpaired) electrons. The predicted octanol–water partition coefficient (Wildman–Crippen LogP) is 3.45. The zero-order valence-electron chi connectivity index (χ0n) is 6.60. The fourth-order valence-electron chi connectivity index (χ4n) is 1.40. The monoisotopic (exact) mass is 136 g/mol. The van der Waals surface area contributed by atoms with Crippen molar-refractivity contribution in [3.63, 3.8) is 0 Å². The van der Waals surface area contributed by atoms with Crippen LogP contribution >= 0.6 is 0 Å². The molecule has 56 valence electrons. The third-order valence-corrected chi connectivity index (χ3v) is 2.09. The SMILES string of the molecule is C=CC1=CCCCCCC1. The van der Waals surface area contributed by atoms with Crippen LogP contribution in [0.1, 0.15) is 38.5 Å². The van der Waals surface area contributed by atoms with Gasteiger partial charge >= 0.3 is 0 Å². The van der Waals surface area contributed by atoms with Crippen molar-refractivity contribution in [2.24, 2.45) is 0 Å². The average Bonchev–Trinajstić information content (AvgIpc) is 1.87. The maximum absolute atomic E-state index is 3.79. The summed E-state index contributed by atoms with van der Waals surface area (Å²) in [7, 11) is 0. The highest BCUT2D eigenvalue weighted by atomic mass is 14.0. The normalized spacial score (nSPS) is 20.6. The summed E-state index contributed by atoms with van der Waals surface area (Å²) in [5.41, 5.74) is 1.46. The highest BCUT2D eigenvalue weighted by molar-refractivity contribution is 5.15. The Morgan fingerprint density at radius 3 is 2.80 bits per heavy atom. The van der Waals surface area contributed by atoms with Crippen molar-refractivity contribution in [1.82, 2.24) is 0 Å². The van der Waals surface area contributed by atoms with E-state index in [1.54, 1.807) is 0 Å². The van der Waals surface area contributed by atoms with Gasteiger partial charge in [0.05, 0.1) is 0 Å². The van der Waals surface area contributed by atoms with E-state index in [0.29, 0.717) is 0 Å². The van der Waals surface area contributed by atoms with Gasteiger partial charge in [0.15, 0.2) is 0 Å². The van der Waals surface area contributed by atoms with Gasteiger partial charge in [0.25, 0.3) is 0 Å². The molecular formula is C10H16. The lowest BCUT2D eigenvalue weighted by Gasteiger charge is -2.06. The first-order valence-electron chi connectivity index (χ1n) is 4.25. The second kappa shape index (κ2) is 4.32. The molecule has 0 fully saturated rings. The van der Waals surface area contributed by atoms with Gasteiger partial charge in [-0.15, -0.1) is 0 Å². The topological polar surface area (TPSA) is 0 Å². The molecule has 0 bridgehead atoms. The molecule has 0 nitrogen and oxygen atoms in total. The molecule has 0 heterocycles. The molecule has 1 aliphatic rings. The lowest BCUT2D eigenvalue weighted by Crippen LogP contribution is -1.86. The van der Waals surface area contributed by atoms with Crippen LogP contribution in [-0.4, -0.2) is 0 Å². The minimum atomic E-state index is 1.25. The largest absolute Gasteiger partial charge is 0.0988 e. The summed E-state index contributed by atoms with van der Waals surface area (Å²) in [5.74, 6) is 0. The minimum absolute atomic E-state index is 1.25. The molecular weight excluding hydrogens is 120 g/mol. The molecule has 0 heteroatoms. The minimum Gasteiger partial charge on any atom is -0.0988 e. The molecule has 0 N–H and O–H groups in total. The molecule has 0 aromatic rings. The number of hydrogen-bond acceptors (Lipinski definition) is 0. The van der Waals surface area contributed by atoms with E-state index >= 15 is 0 Å². The van der Waals surface area contributed by atoms with Gasteiger partial charge in [0, 0.05) is 0 Å².